The van der Waals surface area contributed by atoms with Gasteiger partial charge in [0, 0.05) is 0 Å². The van der Waals surface area contributed by atoms with Crippen molar-refractivity contribution < 1.29 is 0 Å². The van der Waals surface area contributed by atoms with Crippen molar-refractivity contribution in [1.29, 1.82) is 0 Å². The fourth-order valence-electron chi connectivity index (χ4n) is 2.19. The Kier molecular flexibility index (Phi) is 9.16. The molecule has 0 bridgehead atoms. The van der Waals surface area contributed by atoms with E-state index in [4.69, 9.17) is 0 Å². The topological polar surface area (TPSA) is 0 Å². The van der Waals surface area contributed by atoms with Crippen LogP contribution in [0.1, 0.15) is 59.3 Å². The molecule has 1 heteroatoms. The van der Waals surface area contributed by atoms with Gasteiger partial charge < -0.3 is 0 Å². The predicted octanol–water partition coefficient (Wildman–Crippen LogP) is 5.47. The van der Waals surface area contributed by atoms with Crippen molar-refractivity contribution in [3.8, 4) is 0 Å². The molecule has 0 aliphatic rings. The molecule has 86 valence electrons. The number of hydrogen-bond acceptors (Lipinski definition) is 0. The van der Waals surface area contributed by atoms with Crippen LogP contribution in [0.15, 0.2) is 0 Å². The fourth-order valence-corrected chi connectivity index (χ4v) is 11.4. The summed E-state index contributed by atoms with van der Waals surface area (Å²) in [6.45, 7) is 7.01. The molecule has 0 aromatic rings. The summed E-state index contributed by atoms with van der Waals surface area (Å²) in [6, 6.07) is 0. The Morgan fingerprint density at radius 3 is 1.14 bits per heavy atom. The molecule has 0 rings (SSSR count). The third-order valence-electron chi connectivity index (χ3n) is 3.40. The van der Waals surface area contributed by atoms with Gasteiger partial charge in [0.15, 0.2) is 0 Å². The Hall–Kier alpha value is 0.543. The average molecular weight is 259 g/mol. The minimum atomic E-state index is -1.33. The van der Waals surface area contributed by atoms with E-state index in [1.807, 2.05) is 0 Å². The molecule has 14 heavy (non-hydrogen) atoms. The second-order valence-corrected chi connectivity index (χ2v) is 15.9. The summed E-state index contributed by atoms with van der Waals surface area (Å²) in [6.07, 6.45) is 8.72. The number of hydrogen-bond donors (Lipinski definition) is 0. The normalized spacial score (nSPS) is 12.0. The van der Waals surface area contributed by atoms with Crippen LogP contribution in [0.5, 0.6) is 0 Å². The summed E-state index contributed by atoms with van der Waals surface area (Å²) in [5, 5.41) is 4.91. The summed E-state index contributed by atoms with van der Waals surface area (Å²) < 4.78 is 0. The van der Waals surface area contributed by atoms with E-state index in [1.54, 1.807) is 15.8 Å². The molecule has 0 aromatic carbocycles. The van der Waals surface area contributed by atoms with E-state index in [0.717, 1.165) is 0 Å². The van der Waals surface area contributed by atoms with Gasteiger partial charge in [-0.3, -0.25) is 0 Å². The Bertz CT molecular complexity index is 98.6. The zero-order chi connectivity index (χ0) is 10.9. The Labute approximate surface area is 94.2 Å². The van der Waals surface area contributed by atoms with Crippen LogP contribution in [0, 0.1) is 0 Å². The molecule has 0 spiro atoms. The van der Waals surface area contributed by atoms with Gasteiger partial charge in [-0.15, -0.1) is 0 Å². The predicted molar refractivity (Wildman–Crippen MR) is 70.8 cm³/mol. The first-order valence-corrected chi connectivity index (χ1v) is 13.2. The Morgan fingerprint density at radius 1 is 0.643 bits per heavy atom. The molecule has 0 amide bonds. The van der Waals surface area contributed by atoms with Gasteiger partial charge in [-0.25, -0.2) is 0 Å². The van der Waals surface area contributed by atoms with Gasteiger partial charge in [-0.1, -0.05) is 0 Å². The maximum atomic E-state index is 2.70. The van der Waals surface area contributed by atoms with Gasteiger partial charge in [0.2, 0.25) is 0 Å². The van der Waals surface area contributed by atoms with Crippen LogP contribution in [-0.2, 0) is 0 Å². The molecule has 0 heterocycles. The molecule has 0 N–H and O–H groups in total. The summed E-state index contributed by atoms with van der Waals surface area (Å²) in [5.74, 6) is 2.70. The van der Waals surface area contributed by atoms with Crippen LogP contribution in [-0.4, -0.2) is 13.3 Å². The third-order valence-corrected chi connectivity index (χ3v) is 13.2. The first kappa shape index (κ1) is 14.5. The summed E-state index contributed by atoms with van der Waals surface area (Å²) in [4.78, 5) is 0. The molecule has 0 fully saturated rings. The van der Waals surface area contributed by atoms with Crippen LogP contribution in [0.4, 0.5) is 0 Å². The fraction of sp³-hybridized carbons (Fsp3) is 1.00. The Balaban J connectivity index is 3.89. The molecule has 0 saturated carbocycles. The molecule has 0 saturated heterocycles. The standard InChI is InChI=1S/C13H30Ge/c1-5-8-11-14(4,12-9-6-2)13-10-7-3/h5-13H2,1-4H3. The zero-order valence-corrected chi connectivity index (χ0v) is 13.0. The molecule has 0 aliphatic carbocycles. The van der Waals surface area contributed by atoms with Crippen LogP contribution in [0.25, 0.3) is 0 Å². The van der Waals surface area contributed by atoms with Crippen LogP contribution in [0.3, 0.4) is 0 Å². The quantitative estimate of drug-likeness (QED) is 0.482. The molecule has 0 radical (unpaired) electrons. The second kappa shape index (κ2) is 8.82. The molecule has 0 atom stereocenters. The molecule has 0 unspecified atom stereocenters. The van der Waals surface area contributed by atoms with Gasteiger partial charge in [0.05, 0.1) is 0 Å². The first-order chi connectivity index (χ1) is 6.68. The van der Waals surface area contributed by atoms with Crippen LogP contribution >= 0.6 is 0 Å². The van der Waals surface area contributed by atoms with Crippen molar-refractivity contribution in [2.75, 3.05) is 0 Å². The van der Waals surface area contributed by atoms with Gasteiger partial charge in [0.25, 0.3) is 0 Å². The zero-order valence-electron chi connectivity index (χ0n) is 10.9. The average Bonchev–Trinajstić information content (AvgIpc) is 2.21. The summed E-state index contributed by atoms with van der Waals surface area (Å²) in [7, 11) is 0. The van der Waals surface area contributed by atoms with Gasteiger partial charge >= 0.3 is 94.1 Å². The van der Waals surface area contributed by atoms with Gasteiger partial charge in [-0.2, -0.15) is 0 Å². The van der Waals surface area contributed by atoms with E-state index in [9.17, 15) is 0 Å². The molecule has 0 aliphatic heterocycles. The van der Waals surface area contributed by atoms with Gasteiger partial charge in [-0.05, 0) is 0 Å². The van der Waals surface area contributed by atoms with Crippen molar-refractivity contribution >= 4 is 13.3 Å². The monoisotopic (exact) mass is 260 g/mol. The minimum absolute atomic E-state index is 1.33. The SMILES string of the molecule is CCC[CH2][Ge]([CH3])([CH2]CCC)[CH2]CCC. The maximum absolute atomic E-state index is 2.70. The van der Waals surface area contributed by atoms with Gasteiger partial charge in [0.1, 0.15) is 0 Å². The van der Waals surface area contributed by atoms with Crippen molar-refractivity contribution in [1.82, 2.24) is 0 Å². The van der Waals surface area contributed by atoms with E-state index >= 15 is 0 Å². The van der Waals surface area contributed by atoms with E-state index < -0.39 is 13.3 Å². The molecule has 0 aromatic heterocycles. The van der Waals surface area contributed by atoms with Crippen LogP contribution < -0.4 is 0 Å². The van der Waals surface area contributed by atoms with E-state index in [2.05, 4.69) is 26.5 Å². The van der Waals surface area contributed by atoms with E-state index in [-0.39, 0.29) is 0 Å². The number of unbranched alkanes of at least 4 members (excludes halogenated alkanes) is 3. The molecular weight excluding hydrogens is 229 g/mol. The van der Waals surface area contributed by atoms with Crippen molar-refractivity contribution in [3.05, 3.63) is 0 Å². The van der Waals surface area contributed by atoms with Crippen molar-refractivity contribution in [2.45, 2.75) is 80.8 Å². The van der Waals surface area contributed by atoms with E-state index in [0.29, 0.717) is 0 Å². The summed E-state index contributed by atoms with van der Waals surface area (Å²) in [5.41, 5.74) is 0. The first-order valence-electron chi connectivity index (χ1n) is 6.68. The summed E-state index contributed by atoms with van der Waals surface area (Å²) >= 11 is -1.33. The second-order valence-electron chi connectivity index (χ2n) is 5.12. The van der Waals surface area contributed by atoms with Crippen molar-refractivity contribution in [3.63, 3.8) is 0 Å². The number of rotatable bonds is 9. The molecular formula is C13H30Ge. The Morgan fingerprint density at radius 2 is 0.929 bits per heavy atom. The third kappa shape index (κ3) is 6.92. The van der Waals surface area contributed by atoms with Crippen molar-refractivity contribution in [2.24, 2.45) is 0 Å². The van der Waals surface area contributed by atoms with E-state index in [1.165, 1.54) is 38.5 Å². The molecule has 0 nitrogen and oxygen atoms in total. The van der Waals surface area contributed by atoms with Crippen LogP contribution in [0.2, 0.25) is 21.5 Å².